The number of methoxy groups -OCH3 is 2. The standard InChI is InChI=1S/C20H22N2O4/c1-13(2)14-6-5-7-16(10-14)25-12-19-21-22-20(26-19)15-8-9-17(23-3)18(11-15)24-4/h5-11,13H,12H2,1-4H3. The molecule has 0 aliphatic rings. The maximum Gasteiger partial charge on any atom is 0.254 e. The van der Waals surface area contributed by atoms with Gasteiger partial charge in [0.1, 0.15) is 5.75 Å². The van der Waals surface area contributed by atoms with Crippen LogP contribution < -0.4 is 14.2 Å². The van der Waals surface area contributed by atoms with E-state index in [9.17, 15) is 0 Å². The Morgan fingerprint density at radius 2 is 1.77 bits per heavy atom. The topological polar surface area (TPSA) is 66.6 Å². The van der Waals surface area contributed by atoms with E-state index in [-0.39, 0.29) is 6.61 Å². The van der Waals surface area contributed by atoms with E-state index in [1.54, 1.807) is 26.4 Å². The van der Waals surface area contributed by atoms with Crippen molar-refractivity contribution in [3.05, 3.63) is 53.9 Å². The fourth-order valence-corrected chi connectivity index (χ4v) is 2.51. The minimum atomic E-state index is 0.210. The minimum absolute atomic E-state index is 0.210. The first kappa shape index (κ1) is 17.8. The molecule has 1 heterocycles. The van der Waals surface area contributed by atoms with Crippen molar-refractivity contribution < 1.29 is 18.6 Å². The zero-order chi connectivity index (χ0) is 18.5. The van der Waals surface area contributed by atoms with E-state index in [1.165, 1.54) is 5.56 Å². The van der Waals surface area contributed by atoms with Gasteiger partial charge in [0, 0.05) is 5.56 Å². The Hall–Kier alpha value is -3.02. The number of hydrogen-bond acceptors (Lipinski definition) is 6. The molecule has 26 heavy (non-hydrogen) atoms. The van der Waals surface area contributed by atoms with E-state index in [0.29, 0.717) is 29.2 Å². The second-order valence-corrected chi connectivity index (χ2v) is 6.09. The maximum absolute atomic E-state index is 5.77. The summed E-state index contributed by atoms with van der Waals surface area (Å²) in [5, 5.41) is 8.13. The molecule has 6 heteroatoms. The number of aromatic nitrogens is 2. The Bertz CT molecular complexity index is 874. The summed E-state index contributed by atoms with van der Waals surface area (Å²) in [6, 6.07) is 13.4. The van der Waals surface area contributed by atoms with Gasteiger partial charge in [0.05, 0.1) is 14.2 Å². The lowest BCUT2D eigenvalue weighted by Crippen LogP contribution is -1.97. The molecule has 0 unspecified atom stereocenters. The number of nitrogens with zero attached hydrogens (tertiary/aromatic N) is 2. The van der Waals surface area contributed by atoms with Crippen LogP contribution in [0.5, 0.6) is 17.2 Å². The lowest BCUT2D eigenvalue weighted by Gasteiger charge is -2.08. The van der Waals surface area contributed by atoms with Crippen LogP contribution in [0.15, 0.2) is 46.9 Å². The Morgan fingerprint density at radius 3 is 2.50 bits per heavy atom. The molecule has 0 saturated heterocycles. The molecular weight excluding hydrogens is 332 g/mol. The van der Waals surface area contributed by atoms with E-state index in [0.717, 1.165) is 11.3 Å². The van der Waals surface area contributed by atoms with Gasteiger partial charge in [-0.05, 0) is 41.8 Å². The summed E-state index contributed by atoms with van der Waals surface area (Å²) in [6.45, 7) is 4.50. The molecule has 2 aromatic carbocycles. The van der Waals surface area contributed by atoms with Crippen molar-refractivity contribution >= 4 is 0 Å². The summed E-state index contributed by atoms with van der Waals surface area (Å²) in [4.78, 5) is 0. The zero-order valence-corrected chi connectivity index (χ0v) is 15.4. The zero-order valence-electron chi connectivity index (χ0n) is 15.4. The molecule has 0 aliphatic carbocycles. The van der Waals surface area contributed by atoms with Gasteiger partial charge in [0.15, 0.2) is 18.1 Å². The minimum Gasteiger partial charge on any atom is -0.493 e. The summed E-state index contributed by atoms with van der Waals surface area (Å²) < 4.78 is 22.0. The fourth-order valence-electron chi connectivity index (χ4n) is 2.51. The van der Waals surface area contributed by atoms with Crippen LogP contribution in [0, 0.1) is 0 Å². The predicted molar refractivity (Wildman–Crippen MR) is 97.7 cm³/mol. The third-order valence-corrected chi connectivity index (χ3v) is 3.98. The highest BCUT2D eigenvalue weighted by Crippen LogP contribution is 2.31. The summed E-state index contributed by atoms with van der Waals surface area (Å²) in [6.07, 6.45) is 0. The van der Waals surface area contributed by atoms with Gasteiger partial charge in [0.2, 0.25) is 5.89 Å². The SMILES string of the molecule is COc1ccc(-c2nnc(COc3cccc(C(C)C)c3)o2)cc1OC. The molecule has 1 aromatic heterocycles. The molecule has 0 amide bonds. The van der Waals surface area contributed by atoms with Gasteiger partial charge in [-0.25, -0.2) is 0 Å². The average Bonchev–Trinajstić information content (AvgIpc) is 3.15. The van der Waals surface area contributed by atoms with Gasteiger partial charge >= 0.3 is 0 Å². The highest BCUT2D eigenvalue weighted by atomic mass is 16.5. The predicted octanol–water partition coefficient (Wildman–Crippen LogP) is 4.46. The summed E-state index contributed by atoms with van der Waals surface area (Å²) in [7, 11) is 3.17. The molecule has 0 saturated carbocycles. The van der Waals surface area contributed by atoms with Crippen molar-refractivity contribution in [2.75, 3.05) is 14.2 Å². The Morgan fingerprint density at radius 1 is 0.962 bits per heavy atom. The van der Waals surface area contributed by atoms with Crippen LogP contribution in [0.25, 0.3) is 11.5 Å². The quantitative estimate of drug-likeness (QED) is 0.624. The molecule has 0 atom stereocenters. The summed E-state index contributed by atoms with van der Waals surface area (Å²) >= 11 is 0. The largest absolute Gasteiger partial charge is 0.493 e. The molecule has 0 fully saturated rings. The first-order valence-corrected chi connectivity index (χ1v) is 8.38. The monoisotopic (exact) mass is 354 g/mol. The van der Waals surface area contributed by atoms with Gasteiger partial charge in [0.25, 0.3) is 5.89 Å². The molecule has 0 N–H and O–H groups in total. The van der Waals surface area contributed by atoms with E-state index >= 15 is 0 Å². The summed E-state index contributed by atoms with van der Waals surface area (Å²) in [5.74, 6) is 3.28. The Labute approximate surface area is 152 Å². The molecule has 0 spiro atoms. The summed E-state index contributed by atoms with van der Waals surface area (Å²) in [5.41, 5.74) is 1.97. The normalized spacial score (nSPS) is 10.8. The molecule has 6 nitrogen and oxygen atoms in total. The van der Waals surface area contributed by atoms with E-state index in [1.807, 2.05) is 24.3 Å². The van der Waals surface area contributed by atoms with Gasteiger partial charge < -0.3 is 18.6 Å². The molecular formula is C20H22N2O4. The highest BCUT2D eigenvalue weighted by molar-refractivity contribution is 5.59. The van der Waals surface area contributed by atoms with Crippen LogP contribution in [-0.4, -0.2) is 24.4 Å². The van der Waals surface area contributed by atoms with E-state index < -0.39 is 0 Å². The average molecular weight is 354 g/mol. The number of benzene rings is 2. The van der Waals surface area contributed by atoms with Crippen molar-refractivity contribution in [3.8, 4) is 28.7 Å². The Balaban J connectivity index is 1.71. The lowest BCUT2D eigenvalue weighted by atomic mass is 10.0. The number of rotatable bonds is 7. The smallest absolute Gasteiger partial charge is 0.254 e. The Kier molecular flexibility index (Phi) is 5.41. The van der Waals surface area contributed by atoms with Gasteiger partial charge in [-0.2, -0.15) is 0 Å². The van der Waals surface area contributed by atoms with Gasteiger partial charge in [-0.15, -0.1) is 10.2 Å². The second-order valence-electron chi connectivity index (χ2n) is 6.09. The highest BCUT2D eigenvalue weighted by Gasteiger charge is 2.13. The van der Waals surface area contributed by atoms with Crippen LogP contribution >= 0.6 is 0 Å². The van der Waals surface area contributed by atoms with Crippen LogP contribution in [-0.2, 0) is 6.61 Å². The first-order chi connectivity index (χ1) is 12.6. The van der Waals surface area contributed by atoms with Crippen LogP contribution in [0.4, 0.5) is 0 Å². The third-order valence-electron chi connectivity index (χ3n) is 3.98. The molecule has 0 bridgehead atoms. The number of hydrogen-bond donors (Lipinski definition) is 0. The van der Waals surface area contributed by atoms with Gasteiger partial charge in [-0.1, -0.05) is 26.0 Å². The van der Waals surface area contributed by atoms with Crippen LogP contribution in [0.2, 0.25) is 0 Å². The van der Waals surface area contributed by atoms with Crippen LogP contribution in [0.3, 0.4) is 0 Å². The molecule has 3 rings (SSSR count). The third kappa shape index (κ3) is 3.96. The first-order valence-electron chi connectivity index (χ1n) is 8.38. The van der Waals surface area contributed by atoms with Crippen molar-refractivity contribution in [2.24, 2.45) is 0 Å². The van der Waals surface area contributed by atoms with Crippen molar-refractivity contribution in [1.29, 1.82) is 0 Å². The lowest BCUT2D eigenvalue weighted by molar-refractivity contribution is 0.264. The maximum atomic E-state index is 5.77. The van der Waals surface area contributed by atoms with Crippen LogP contribution in [0.1, 0.15) is 31.2 Å². The molecule has 3 aromatic rings. The molecule has 0 radical (unpaired) electrons. The van der Waals surface area contributed by atoms with Crippen molar-refractivity contribution in [3.63, 3.8) is 0 Å². The van der Waals surface area contributed by atoms with Crippen molar-refractivity contribution in [1.82, 2.24) is 10.2 Å². The molecule has 0 aliphatic heterocycles. The van der Waals surface area contributed by atoms with E-state index in [4.69, 9.17) is 18.6 Å². The van der Waals surface area contributed by atoms with E-state index in [2.05, 4.69) is 30.1 Å². The number of ether oxygens (including phenoxy) is 3. The van der Waals surface area contributed by atoms with Gasteiger partial charge in [-0.3, -0.25) is 0 Å². The van der Waals surface area contributed by atoms with Crippen molar-refractivity contribution in [2.45, 2.75) is 26.4 Å². The second kappa shape index (κ2) is 7.91. The molecule has 136 valence electrons. The fraction of sp³-hybridized carbons (Fsp3) is 0.300.